The summed E-state index contributed by atoms with van der Waals surface area (Å²) in [5, 5.41) is 49.4. The molecule has 16 nitrogen and oxygen atoms in total. The highest BCUT2D eigenvalue weighted by Crippen LogP contribution is 2.19. The fraction of sp³-hybridized carbons (Fsp3) is 0.190. The average molecular weight is 1010 g/mol. The van der Waals surface area contributed by atoms with Crippen LogP contribution in [0.2, 0.25) is 0 Å². The number of carboxylic acid groups (broad SMARTS) is 1. The quantitative estimate of drug-likeness (QED) is 0.0338. The Morgan fingerprint density at radius 2 is 1.11 bits per heavy atom. The number of carbonyl (C=O) groups is 5. The largest absolute Gasteiger partial charge is 0.478 e. The van der Waals surface area contributed by atoms with E-state index in [2.05, 4.69) is 41.6 Å². The Kier molecular flexibility index (Phi) is 27.1. The van der Waals surface area contributed by atoms with Gasteiger partial charge in [-0.05, 0) is 60.9 Å². The Balaban J connectivity index is 0.000000224. The second kappa shape index (κ2) is 32.8. The first-order valence-electron chi connectivity index (χ1n) is 18.9. The number of amides is 2. The molecule has 0 bridgehead atoms. The number of aldehydes is 1. The highest BCUT2D eigenvalue weighted by Gasteiger charge is 2.27. The van der Waals surface area contributed by atoms with E-state index in [0.29, 0.717) is 41.1 Å². The number of carbonyl (C=O) groups excluding carboxylic acids is 4. The van der Waals surface area contributed by atoms with Gasteiger partial charge in [0.15, 0.2) is 17.4 Å². The first-order valence-corrected chi connectivity index (χ1v) is 25.1. The van der Waals surface area contributed by atoms with Gasteiger partial charge in [0.1, 0.15) is 26.1 Å². The lowest BCUT2D eigenvalue weighted by molar-refractivity contribution is -0.137. The van der Waals surface area contributed by atoms with Gasteiger partial charge in [-0.25, -0.2) is 34.5 Å². The van der Waals surface area contributed by atoms with Crippen LogP contribution >= 0.6 is 79.4 Å². The third kappa shape index (κ3) is 24.2. The average Bonchev–Trinajstić information content (AvgIpc) is 4.17. The normalized spacial score (nSPS) is 11.4. The van der Waals surface area contributed by atoms with Crippen molar-refractivity contribution in [2.75, 3.05) is 19.7 Å². The highest BCUT2D eigenvalue weighted by atomic mass is 32.1. The minimum absolute atomic E-state index is 0.0724. The lowest BCUT2D eigenvalue weighted by atomic mass is 10.2. The number of esters is 1. The number of aliphatic hydroxyl groups is 2. The maximum atomic E-state index is 11.7. The SMILES string of the molecule is CCOC(=O)C=Cc1nccs1.O=C(/C=C/c1nccs1)NCCc1cccs1.O=C(NCCc1cccs1)[C@H](O)[C@@H](O)c1nccs1.O=C(O)/C=C/c1nccs1.O=Cc1nccs1. The standard InChI is InChI=1S/C12H14N2O3S2.C12H12N2OS2.C8H9NO2S.C6H5NO2S.C4H3NOS/c15-9(10(16)12-14-5-7-19-12)11(17)13-4-3-8-2-1-6-18-8;15-11(3-4-12-14-7-9-17-12)13-6-5-10-2-1-8-16-10;1-2-11-8(10)4-3-7-9-5-6-12-7;8-6(9)2-1-5-7-3-4-10-5;6-3-4-5-1-2-7-4/h1-2,5-7,9-10,15-16H,3-4H2,(H,13,17);1-4,7-9H,5-6H2,(H,13,15);3-6H,2H2,1H3;1-4H,(H,8,9);1-3H/b;4-3+;;2-1+;/t9-,10-;;;;/m1..../s1. The summed E-state index contributed by atoms with van der Waals surface area (Å²) in [5.41, 5.74) is 0. The number of aliphatic carboxylic acids is 1. The number of hydrogen-bond donors (Lipinski definition) is 5. The number of aliphatic hydroxyl groups excluding tert-OH is 2. The number of nitrogens with zero attached hydrogens (tertiary/aromatic N) is 5. The molecule has 5 N–H and O–H groups in total. The van der Waals surface area contributed by atoms with Crippen LogP contribution in [0.3, 0.4) is 0 Å². The van der Waals surface area contributed by atoms with Gasteiger partial charge in [-0.1, -0.05) is 12.1 Å². The van der Waals surface area contributed by atoms with Gasteiger partial charge in [0.2, 0.25) is 5.91 Å². The van der Waals surface area contributed by atoms with Gasteiger partial charge < -0.3 is 30.7 Å². The molecular formula is C42H43N7O9S7. The zero-order chi connectivity index (χ0) is 46.9. The van der Waals surface area contributed by atoms with Crippen LogP contribution in [-0.4, -0.2) is 96.1 Å². The molecule has 0 aliphatic carbocycles. The lowest BCUT2D eigenvalue weighted by Crippen LogP contribution is -2.39. The Morgan fingerprint density at radius 3 is 1.52 bits per heavy atom. The van der Waals surface area contributed by atoms with E-state index in [0.717, 1.165) is 33.7 Å². The van der Waals surface area contributed by atoms with Crippen LogP contribution in [-0.2, 0) is 36.8 Å². The summed E-state index contributed by atoms with van der Waals surface area (Å²) in [5.74, 6) is -1.93. The molecule has 7 rings (SSSR count). The van der Waals surface area contributed by atoms with Gasteiger partial charge in [-0.2, -0.15) is 0 Å². The van der Waals surface area contributed by atoms with E-state index in [1.165, 1.54) is 86.0 Å². The van der Waals surface area contributed by atoms with Crippen molar-refractivity contribution in [1.29, 1.82) is 0 Å². The molecule has 342 valence electrons. The molecule has 0 saturated carbocycles. The van der Waals surface area contributed by atoms with Gasteiger partial charge in [0.05, 0.1) is 6.61 Å². The molecule has 0 spiro atoms. The number of thiophene rings is 2. The molecule has 7 heterocycles. The number of rotatable bonds is 17. The molecule has 7 aromatic rings. The maximum absolute atomic E-state index is 11.7. The fourth-order valence-electron chi connectivity index (χ4n) is 4.21. The molecule has 0 saturated heterocycles. The predicted molar refractivity (Wildman–Crippen MR) is 260 cm³/mol. The van der Waals surface area contributed by atoms with Crippen molar-refractivity contribution in [2.24, 2.45) is 0 Å². The Bertz CT molecular complexity index is 2390. The Morgan fingerprint density at radius 1 is 0.631 bits per heavy atom. The van der Waals surface area contributed by atoms with E-state index >= 15 is 0 Å². The van der Waals surface area contributed by atoms with Crippen LogP contribution < -0.4 is 10.6 Å². The van der Waals surface area contributed by atoms with Gasteiger partial charge >= 0.3 is 11.9 Å². The van der Waals surface area contributed by atoms with Gasteiger partial charge in [0.25, 0.3) is 5.91 Å². The molecule has 0 aliphatic heterocycles. The predicted octanol–water partition coefficient (Wildman–Crippen LogP) is 7.45. The molecule has 7 aromatic heterocycles. The molecule has 2 amide bonds. The number of aromatic nitrogens is 5. The van der Waals surface area contributed by atoms with E-state index < -0.39 is 24.1 Å². The van der Waals surface area contributed by atoms with Crippen molar-refractivity contribution in [1.82, 2.24) is 35.6 Å². The highest BCUT2D eigenvalue weighted by molar-refractivity contribution is 7.12. The monoisotopic (exact) mass is 1010 g/mol. The topological polar surface area (TPSA) is 244 Å². The van der Waals surface area contributed by atoms with Gasteiger partial charge in [-0.15, -0.1) is 79.4 Å². The summed E-state index contributed by atoms with van der Waals surface area (Å²) in [7, 11) is 0. The molecule has 0 radical (unpaired) electrons. The number of ether oxygens (including phenoxy) is 1. The van der Waals surface area contributed by atoms with E-state index in [1.807, 2.05) is 39.7 Å². The van der Waals surface area contributed by atoms with Crippen molar-refractivity contribution in [2.45, 2.75) is 32.0 Å². The second-order valence-electron chi connectivity index (χ2n) is 11.7. The minimum atomic E-state index is -1.49. The summed E-state index contributed by atoms with van der Waals surface area (Å²) in [6.07, 6.45) is 16.5. The number of nitrogens with one attached hydrogen (secondary N) is 2. The van der Waals surface area contributed by atoms with E-state index in [4.69, 9.17) is 9.84 Å². The van der Waals surface area contributed by atoms with Crippen molar-refractivity contribution < 1.29 is 44.0 Å². The second-order valence-corrected chi connectivity index (χ2v) is 18.4. The zero-order valence-electron chi connectivity index (χ0n) is 34.4. The molecule has 0 fully saturated rings. The fourth-order valence-corrected chi connectivity index (χ4v) is 8.31. The summed E-state index contributed by atoms with van der Waals surface area (Å²) < 4.78 is 4.69. The van der Waals surface area contributed by atoms with Crippen LogP contribution in [0.5, 0.6) is 0 Å². The number of hydrogen-bond acceptors (Lipinski definition) is 20. The van der Waals surface area contributed by atoms with Crippen molar-refractivity contribution in [3.8, 4) is 0 Å². The molecule has 0 aliphatic rings. The zero-order valence-corrected chi connectivity index (χ0v) is 40.1. The van der Waals surface area contributed by atoms with Crippen molar-refractivity contribution in [3.05, 3.63) is 146 Å². The van der Waals surface area contributed by atoms with E-state index in [-0.39, 0.29) is 11.9 Å². The summed E-state index contributed by atoms with van der Waals surface area (Å²) in [6.45, 7) is 3.28. The molecule has 23 heteroatoms. The van der Waals surface area contributed by atoms with Gasteiger partial charge in [0, 0.05) is 99.0 Å². The van der Waals surface area contributed by atoms with Crippen LogP contribution in [0, 0.1) is 0 Å². The lowest BCUT2D eigenvalue weighted by Gasteiger charge is -2.15. The third-order valence-electron chi connectivity index (χ3n) is 7.07. The van der Waals surface area contributed by atoms with Gasteiger partial charge in [-0.3, -0.25) is 14.4 Å². The van der Waals surface area contributed by atoms with Crippen molar-refractivity contribution in [3.63, 3.8) is 0 Å². The molecule has 2 atom stereocenters. The third-order valence-corrected chi connectivity index (χ3v) is 12.7. The molecule has 0 unspecified atom stereocenters. The first-order chi connectivity index (χ1) is 31.6. The molecule has 0 aromatic carbocycles. The number of carboxylic acids is 1. The van der Waals surface area contributed by atoms with Crippen molar-refractivity contribution >= 4 is 128 Å². The maximum Gasteiger partial charge on any atom is 0.330 e. The van der Waals surface area contributed by atoms with Crippen LogP contribution in [0.4, 0.5) is 0 Å². The Hall–Kier alpha value is -5.76. The molecular weight excluding hydrogens is 971 g/mol. The number of thiazole rings is 5. The molecule has 65 heavy (non-hydrogen) atoms. The van der Waals surface area contributed by atoms with E-state index in [9.17, 15) is 34.2 Å². The Labute approximate surface area is 402 Å². The van der Waals surface area contributed by atoms with Crippen LogP contribution in [0.1, 0.15) is 52.6 Å². The summed E-state index contributed by atoms with van der Waals surface area (Å²) >= 11 is 10.3. The van der Waals surface area contributed by atoms with Crippen LogP contribution in [0.15, 0.2) is 111 Å². The van der Waals surface area contributed by atoms with E-state index in [1.54, 1.807) is 82.7 Å². The van der Waals surface area contributed by atoms with Crippen LogP contribution in [0.25, 0.3) is 18.2 Å². The first kappa shape index (κ1) is 53.6. The smallest absolute Gasteiger partial charge is 0.330 e. The summed E-state index contributed by atoms with van der Waals surface area (Å²) in [6, 6.07) is 8.02. The minimum Gasteiger partial charge on any atom is -0.478 e. The summed E-state index contributed by atoms with van der Waals surface area (Å²) in [4.78, 5) is 75.6.